The number of aromatic nitrogens is 4. The second-order valence-corrected chi connectivity index (χ2v) is 6.24. The molecule has 1 amide bonds. The van der Waals surface area contributed by atoms with Crippen LogP contribution in [0.4, 0.5) is 0 Å². The average Bonchev–Trinajstić information content (AvgIpc) is 3.18. The van der Waals surface area contributed by atoms with Crippen LogP contribution in [0.5, 0.6) is 17.4 Å². The predicted molar refractivity (Wildman–Crippen MR) is 110 cm³/mol. The number of nitrogens with zero attached hydrogens (tertiary/aromatic N) is 4. The Bertz CT molecular complexity index is 986. The fraction of sp³-hybridized carbons (Fsp3) is 0.263. The fourth-order valence-corrected chi connectivity index (χ4v) is 3.04. The first-order valence-corrected chi connectivity index (χ1v) is 9.97. The van der Waals surface area contributed by atoms with E-state index in [0.717, 1.165) is 11.9 Å². The van der Waals surface area contributed by atoms with Crippen molar-refractivity contribution < 1.29 is 19.0 Å². The lowest BCUT2D eigenvalue weighted by molar-refractivity contribution is 0.0972. The van der Waals surface area contributed by atoms with Crippen molar-refractivity contribution in [3.05, 3.63) is 42.2 Å². The lowest BCUT2D eigenvalue weighted by Crippen LogP contribution is -2.21. The summed E-state index contributed by atoms with van der Waals surface area (Å²) in [4.78, 5) is 17.2. The Hall–Kier alpha value is -3.27. The van der Waals surface area contributed by atoms with Gasteiger partial charge in [-0.3, -0.25) is 14.1 Å². The summed E-state index contributed by atoms with van der Waals surface area (Å²) in [6.45, 7) is 2.35. The van der Waals surface area contributed by atoms with Gasteiger partial charge in [0.25, 0.3) is 5.91 Å². The highest BCUT2D eigenvalue weighted by Gasteiger charge is 2.26. The molecular formula is C19H21N5O4S. The Morgan fingerprint density at radius 1 is 1.10 bits per heavy atom. The molecule has 0 aliphatic heterocycles. The van der Waals surface area contributed by atoms with Gasteiger partial charge in [-0.1, -0.05) is 24.1 Å². The molecule has 10 heteroatoms. The smallest absolute Gasteiger partial charge is 0.299 e. The zero-order valence-electron chi connectivity index (χ0n) is 16.5. The van der Waals surface area contributed by atoms with Crippen LogP contribution in [0.25, 0.3) is 17.2 Å². The van der Waals surface area contributed by atoms with Gasteiger partial charge in [-0.25, -0.2) is 4.98 Å². The molecule has 0 atom stereocenters. The molecule has 152 valence electrons. The highest BCUT2D eigenvalue weighted by Crippen LogP contribution is 2.36. The van der Waals surface area contributed by atoms with E-state index in [9.17, 15) is 4.79 Å². The van der Waals surface area contributed by atoms with E-state index < -0.39 is 5.91 Å². The molecule has 0 saturated carbocycles. The third kappa shape index (κ3) is 4.11. The number of hydrogen-bond donors (Lipinski definition) is 1. The number of amides is 1. The van der Waals surface area contributed by atoms with Crippen molar-refractivity contribution in [1.82, 2.24) is 24.5 Å². The van der Waals surface area contributed by atoms with Crippen LogP contribution in [0, 0.1) is 0 Å². The molecule has 2 heterocycles. The molecule has 9 nitrogen and oxygen atoms in total. The Morgan fingerprint density at radius 3 is 2.41 bits per heavy atom. The summed E-state index contributed by atoms with van der Waals surface area (Å²) in [5.74, 6) is 1.43. The van der Waals surface area contributed by atoms with E-state index in [4.69, 9.17) is 14.2 Å². The average molecular weight is 415 g/mol. The van der Waals surface area contributed by atoms with Gasteiger partial charge in [0.1, 0.15) is 22.9 Å². The van der Waals surface area contributed by atoms with Crippen LogP contribution in [-0.2, 0) is 0 Å². The van der Waals surface area contributed by atoms with Crippen molar-refractivity contribution in [1.29, 1.82) is 0 Å². The Labute approximate surface area is 172 Å². The minimum Gasteiger partial charge on any atom is -0.494 e. The molecular weight excluding hydrogens is 394 g/mol. The number of rotatable bonds is 8. The van der Waals surface area contributed by atoms with E-state index in [-0.39, 0.29) is 5.82 Å². The third-order valence-electron chi connectivity index (χ3n) is 3.93. The zero-order valence-corrected chi connectivity index (χ0v) is 17.3. The molecule has 29 heavy (non-hydrogen) atoms. The molecule has 0 radical (unpaired) electrons. The van der Waals surface area contributed by atoms with Crippen molar-refractivity contribution in [2.24, 2.45) is 0 Å². The molecule has 0 unspecified atom stereocenters. The Balaban J connectivity index is 2.29. The summed E-state index contributed by atoms with van der Waals surface area (Å²) in [6, 6.07) is 10.6. The molecule has 3 rings (SSSR count). The summed E-state index contributed by atoms with van der Waals surface area (Å²) in [5, 5.41) is 8.34. The molecule has 0 aliphatic carbocycles. The van der Waals surface area contributed by atoms with E-state index in [1.54, 1.807) is 47.2 Å². The van der Waals surface area contributed by atoms with Gasteiger partial charge in [-0.05, 0) is 25.1 Å². The highest BCUT2D eigenvalue weighted by molar-refractivity contribution is 7.97. The van der Waals surface area contributed by atoms with E-state index in [1.165, 1.54) is 14.2 Å². The van der Waals surface area contributed by atoms with Gasteiger partial charge in [-0.15, -0.1) is 10.2 Å². The highest BCUT2D eigenvalue weighted by atomic mass is 32.2. The summed E-state index contributed by atoms with van der Waals surface area (Å²) < 4.78 is 20.8. The largest absolute Gasteiger partial charge is 0.494 e. The van der Waals surface area contributed by atoms with Gasteiger partial charge in [0.2, 0.25) is 11.7 Å². The van der Waals surface area contributed by atoms with Crippen molar-refractivity contribution in [3.63, 3.8) is 0 Å². The maximum Gasteiger partial charge on any atom is 0.299 e. The summed E-state index contributed by atoms with van der Waals surface area (Å²) >= 11 is 1.16. The van der Waals surface area contributed by atoms with Gasteiger partial charge >= 0.3 is 0 Å². The molecule has 0 aliphatic rings. The number of ether oxygens (including phenoxy) is 3. The number of carbonyl (C=O) groups excluding carboxylic acids is 1. The van der Waals surface area contributed by atoms with Crippen molar-refractivity contribution >= 4 is 17.9 Å². The fourth-order valence-electron chi connectivity index (χ4n) is 2.77. The zero-order chi connectivity index (χ0) is 20.8. The van der Waals surface area contributed by atoms with Gasteiger partial charge in [0.15, 0.2) is 5.82 Å². The van der Waals surface area contributed by atoms with Crippen LogP contribution in [0.2, 0.25) is 0 Å². The van der Waals surface area contributed by atoms with Crippen LogP contribution >= 0.6 is 11.9 Å². The number of para-hydroxylation sites is 1. The number of hydrogen-bond acceptors (Lipinski definition) is 8. The predicted octanol–water partition coefficient (Wildman–Crippen LogP) is 2.75. The number of benzene rings is 1. The van der Waals surface area contributed by atoms with Crippen LogP contribution in [0.15, 0.2) is 36.4 Å². The molecule has 3 aromatic rings. The molecule has 2 aromatic heterocycles. The van der Waals surface area contributed by atoms with Crippen molar-refractivity contribution in [3.8, 4) is 34.6 Å². The summed E-state index contributed by atoms with van der Waals surface area (Å²) in [5.41, 5.74) is 0.979. The topological polar surface area (TPSA) is 100 Å². The number of carbonyl (C=O) groups is 1. The van der Waals surface area contributed by atoms with Crippen LogP contribution in [0.1, 0.15) is 17.5 Å². The maximum atomic E-state index is 12.7. The Morgan fingerprint density at radius 2 is 1.79 bits per heavy atom. The van der Waals surface area contributed by atoms with Crippen molar-refractivity contribution in [2.75, 3.05) is 27.1 Å². The van der Waals surface area contributed by atoms with Gasteiger partial charge in [0.05, 0.1) is 20.8 Å². The molecule has 0 saturated heterocycles. The van der Waals surface area contributed by atoms with E-state index in [1.807, 2.05) is 6.92 Å². The minimum absolute atomic E-state index is 0.0702. The standard InChI is InChI=1S/C19H21N5O4S/c1-5-28-15-11-6-8-12(20-15)17-21-22-18(19(25)23-29-4)24(17)16-13(26-2)9-7-10-14(16)27-3/h6-11H,5H2,1-4H3,(H,23,25). The number of pyridine rings is 1. The number of methoxy groups -OCH3 is 2. The van der Waals surface area contributed by atoms with E-state index in [0.29, 0.717) is 41.2 Å². The third-order valence-corrected chi connectivity index (χ3v) is 4.32. The van der Waals surface area contributed by atoms with Crippen LogP contribution < -0.4 is 18.9 Å². The SMILES string of the molecule is CCOc1cccc(-c2nnc(C(=O)NSC)n2-c2c(OC)cccc2OC)n1. The summed E-state index contributed by atoms with van der Waals surface area (Å²) in [6.07, 6.45) is 1.75. The molecule has 1 aromatic carbocycles. The molecule has 0 spiro atoms. The van der Waals surface area contributed by atoms with E-state index >= 15 is 0 Å². The van der Waals surface area contributed by atoms with Gasteiger partial charge in [-0.2, -0.15) is 0 Å². The number of nitrogens with one attached hydrogen (secondary N) is 1. The normalized spacial score (nSPS) is 10.5. The Kier molecular flexibility index (Phi) is 6.55. The second-order valence-electron chi connectivity index (χ2n) is 5.62. The van der Waals surface area contributed by atoms with Crippen LogP contribution in [0.3, 0.4) is 0 Å². The van der Waals surface area contributed by atoms with Crippen LogP contribution in [-0.4, -0.2) is 52.7 Å². The monoisotopic (exact) mass is 415 g/mol. The van der Waals surface area contributed by atoms with E-state index in [2.05, 4.69) is 19.9 Å². The van der Waals surface area contributed by atoms with Crippen molar-refractivity contribution in [2.45, 2.75) is 6.92 Å². The first kappa shape index (κ1) is 20.5. The van der Waals surface area contributed by atoms with Gasteiger partial charge < -0.3 is 14.2 Å². The maximum absolute atomic E-state index is 12.7. The minimum atomic E-state index is -0.412. The molecule has 0 fully saturated rings. The lowest BCUT2D eigenvalue weighted by Gasteiger charge is -2.16. The molecule has 1 N–H and O–H groups in total. The first-order chi connectivity index (χ1) is 14.1. The first-order valence-electron chi connectivity index (χ1n) is 8.74. The molecule has 0 bridgehead atoms. The summed E-state index contributed by atoms with van der Waals surface area (Å²) in [7, 11) is 3.08. The lowest BCUT2D eigenvalue weighted by atomic mass is 10.2. The second kappa shape index (κ2) is 9.28. The quantitative estimate of drug-likeness (QED) is 0.561. The van der Waals surface area contributed by atoms with Gasteiger partial charge in [0, 0.05) is 12.3 Å².